The maximum atomic E-state index is 6.18. The largest absolute Gasteiger partial charge is 2.00 e. The van der Waals surface area contributed by atoms with Gasteiger partial charge in [0.2, 0.25) is 0 Å². The molecule has 0 aromatic heterocycles. The molecule has 4 aliphatic rings. The van der Waals surface area contributed by atoms with Crippen LogP contribution >= 0.6 is 24.8 Å². The van der Waals surface area contributed by atoms with Gasteiger partial charge in [-0.25, -0.2) is 0 Å². The molecular weight excluding hydrogens is 711 g/mol. The first-order valence-corrected chi connectivity index (χ1v) is 20.0. The first kappa shape index (κ1) is 42.0. The van der Waals surface area contributed by atoms with Crippen molar-refractivity contribution in [3.05, 3.63) is 68.4 Å². The van der Waals surface area contributed by atoms with E-state index in [2.05, 4.69) is 89.3 Å². The molecule has 1 radical (unpaired) electrons. The molecule has 0 heterocycles. The Kier molecular flexibility index (Phi) is 18.2. The minimum Gasteiger partial charge on any atom is -0.427 e. The topological polar surface area (TPSA) is 18.5 Å². The molecule has 2 saturated carbocycles. The molecule has 2 fully saturated rings. The summed E-state index contributed by atoms with van der Waals surface area (Å²) in [5, 5.41) is 5.31. The minimum atomic E-state index is -0.207. The summed E-state index contributed by atoms with van der Waals surface area (Å²) in [6, 6.07) is 13.1. The van der Waals surface area contributed by atoms with E-state index in [4.69, 9.17) is 8.85 Å². The van der Waals surface area contributed by atoms with Crippen molar-refractivity contribution < 1.29 is 35.1 Å². The van der Waals surface area contributed by atoms with Crippen molar-refractivity contribution in [1.29, 1.82) is 0 Å². The van der Waals surface area contributed by atoms with Crippen molar-refractivity contribution in [1.82, 2.24) is 0 Å². The number of fused-ring (bicyclic) bond motifs is 2. The Balaban J connectivity index is 0.000000380. The van der Waals surface area contributed by atoms with Gasteiger partial charge < -0.3 is 8.85 Å². The van der Waals surface area contributed by atoms with Crippen LogP contribution in [0.15, 0.2) is 36.4 Å². The molecule has 4 aliphatic carbocycles. The quantitative estimate of drug-likeness (QED) is 0.343. The van der Waals surface area contributed by atoms with Crippen LogP contribution in [0.2, 0.25) is 13.1 Å². The van der Waals surface area contributed by atoms with Crippen LogP contribution < -0.4 is 20.9 Å². The molecule has 0 aliphatic heterocycles. The molecule has 8 heteroatoms. The van der Waals surface area contributed by atoms with E-state index >= 15 is 0 Å². The second kappa shape index (κ2) is 19.1. The van der Waals surface area contributed by atoms with E-state index in [1.807, 2.05) is 0 Å². The van der Waals surface area contributed by atoms with Crippen LogP contribution in [0.1, 0.15) is 89.2 Å². The number of hydrogen-bond acceptors (Lipinski definition) is 2. The summed E-state index contributed by atoms with van der Waals surface area (Å²) in [5.74, 6) is 1.26. The second-order valence-corrected chi connectivity index (χ2v) is 14.6. The maximum absolute atomic E-state index is 6.18. The number of rotatable bonds is 4. The fourth-order valence-electron chi connectivity index (χ4n) is 8.07. The third-order valence-corrected chi connectivity index (χ3v) is 11.3. The molecule has 0 saturated heterocycles. The summed E-state index contributed by atoms with van der Waals surface area (Å²) in [5.41, 5.74) is 5.12. The molecule has 44 heavy (non-hydrogen) atoms. The first-order chi connectivity index (χ1) is 19.8. The van der Waals surface area contributed by atoms with E-state index < -0.39 is 0 Å². The molecule has 2 atom stereocenters. The Morgan fingerprint density at radius 3 is 1.23 bits per heavy atom. The predicted molar refractivity (Wildman–Crippen MR) is 200 cm³/mol. The fourth-order valence-corrected chi connectivity index (χ4v) is 9.56. The molecule has 2 unspecified atom stereocenters. The molecule has 2 aromatic rings. The van der Waals surface area contributed by atoms with Gasteiger partial charge in [-0.05, 0) is 37.5 Å². The standard InChI is InChI=1S/2C17H23OSi.C2H7Si.2ClH.Zr/c2*1-12-7-6-8-14-11-17(18-19,13(2)16(12)14)15-9-4-3-5-10-15;1-3-2;;;/h2*6-8,15H,3-5,9-10H2,1-2,19H3;3H,1-2H3;2*1H;/q2*-1;;;;+2. The van der Waals surface area contributed by atoms with E-state index in [1.54, 1.807) is 0 Å². The van der Waals surface area contributed by atoms with Gasteiger partial charge in [-0.2, -0.15) is 34.7 Å². The SMILES string of the molecule is CC1=c2c(C)cccc2=[C-]C1(O[SiH3])C1CCCCC1.CC1=c2c(C)cccc2=[C-]C1(O[SiH3])C1CCCCC1.C[SiH]C.Cl.Cl.[Zr+2]. The van der Waals surface area contributed by atoms with Gasteiger partial charge in [-0.1, -0.05) is 114 Å². The summed E-state index contributed by atoms with van der Waals surface area (Å²) >= 11 is 0. The Bertz CT molecular complexity index is 1350. The van der Waals surface area contributed by atoms with Gasteiger partial charge in [0.1, 0.15) is 21.0 Å². The van der Waals surface area contributed by atoms with Crippen LogP contribution in [0.5, 0.6) is 0 Å². The zero-order chi connectivity index (χ0) is 29.6. The third kappa shape index (κ3) is 8.32. The Hall–Kier alpha value is -0.0462. The number of hydrogen-bond donors (Lipinski definition) is 0. The van der Waals surface area contributed by atoms with Crippen molar-refractivity contribution in [2.45, 2.75) is 116 Å². The Morgan fingerprint density at radius 2 is 0.955 bits per heavy atom. The van der Waals surface area contributed by atoms with Gasteiger partial charge in [-0.3, -0.25) is 0 Å². The molecule has 241 valence electrons. The zero-order valence-corrected chi connectivity index (χ0v) is 37.6. The van der Waals surface area contributed by atoms with Crippen LogP contribution in [-0.4, -0.2) is 41.7 Å². The van der Waals surface area contributed by atoms with Crippen molar-refractivity contribution in [2.75, 3.05) is 0 Å². The first-order valence-electron chi connectivity index (χ1n) is 16.1. The summed E-state index contributed by atoms with van der Waals surface area (Å²) in [4.78, 5) is 0. The predicted octanol–water partition coefficient (Wildman–Crippen LogP) is 4.27. The Labute approximate surface area is 307 Å². The van der Waals surface area contributed by atoms with E-state index in [0.29, 0.717) is 11.8 Å². The molecule has 2 aromatic carbocycles. The summed E-state index contributed by atoms with van der Waals surface area (Å²) in [6.07, 6.45) is 20.8. The molecule has 0 bridgehead atoms. The average Bonchev–Trinajstić information content (AvgIpc) is 3.48. The average molecular weight is 766 g/mol. The second-order valence-electron chi connectivity index (χ2n) is 12.6. The minimum absolute atomic E-state index is 0. The number of aryl methyl sites for hydroxylation is 2. The fraction of sp³-hybridized carbons (Fsp3) is 0.556. The Morgan fingerprint density at radius 1 is 0.636 bits per heavy atom. The number of benzene rings is 2. The van der Waals surface area contributed by atoms with E-state index in [1.165, 1.54) is 107 Å². The maximum Gasteiger partial charge on any atom is 2.00 e. The molecule has 6 rings (SSSR count). The smallest absolute Gasteiger partial charge is 0.427 e. The van der Waals surface area contributed by atoms with Crippen molar-refractivity contribution in [3.63, 3.8) is 0 Å². The van der Waals surface area contributed by atoms with Crippen LogP contribution in [0, 0.1) is 25.7 Å². The van der Waals surface area contributed by atoms with Gasteiger partial charge in [0.05, 0.1) is 0 Å². The van der Waals surface area contributed by atoms with Crippen LogP contribution in [0.25, 0.3) is 23.3 Å². The van der Waals surface area contributed by atoms with E-state index in [-0.39, 0.29) is 62.2 Å². The molecule has 0 amide bonds. The summed E-state index contributed by atoms with van der Waals surface area (Å²) < 4.78 is 12.4. The van der Waals surface area contributed by atoms with Crippen molar-refractivity contribution >= 4 is 78.6 Å². The van der Waals surface area contributed by atoms with Gasteiger partial charge >= 0.3 is 26.2 Å². The van der Waals surface area contributed by atoms with Crippen molar-refractivity contribution in [2.24, 2.45) is 11.8 Å². The van der Waals surface area contributed by atoms with Crippen LogP contribution in [0.3, 0.4) is 0 Å². The molecular formula is C36H55Cl2O2Si3Zr. The van der Waals surface area contributed by atoms with Crippen molar-refractivity contribution in [3.8, 4) is 0 Å². The van der Waals surface area contributed by atoms with E-state index in [0.717, 1.165) is 30.5 Å². The van der Waals surface area contributed by atoms with Crippen LogP contribution in [-0.2, 0) is 35.1 Å². The summed E-state index contributed by atoms with van der Waals surface area (Å²) in [6.45, 7) is 13.3. The van der Waals surface area contributed by atoms with Gasteiger partial charge in [-0.15, -0.1) is 47.4 Å². The molecule has 0 spiro atoms. The molecule has 2 nitrogen and oxygen atoms in total. The van der Waals surface area contributed by atoms with Gasteiger partial charge in [0.25, 0.3) is 0 Å². The van der Waals surface area contributed by atoms with Gasteiger partial charge in [0.15, 0.2) is 0 Å². The van der Waals surface area contributed by atoms with Gasteiger partial charge in [0, 0.05) is 20.7 Å². The normalized spacial score (nSPS) is 24.0. The zero-order valence-electron chi connectivity index (χ0n) is 28.4. The number of halogens is 2. The third-order valence-electron chi connectivity index (χ3n) is 10.1. The monoisotopic (exact) mass is 763 g/mol. The van der Waals surface area contributed by atoms with E-state index in [9.17, 15) is 0 Å². The summed E-state index contributed by atoms with van der Waals surface area (Å²) in [7, 11) is 2.30. The molecule has 0 N–H and O–H groups in total. The van der Waals surface area contributed by atoms with Crippen LogP contribution in [0.4, 0.5) is 0 Å².